The molecule has 0 saturated heterocycles. The maximum Gasteiger partial charge on any atom is 0.143 e. The van der Waals surface area contributed by atoms with Crippen molar-refractivity contribution in [2.75, 3.05) is 6.16 Å². The third-order valence-corrected chi connectivity index (χ3v) is 17.0. The van der Waals surface area contributed by atoms with Crippen molar-refractivity contribution in [3.8, 4) is 0 Å². The molecule has 3 atom stereocenters. The minimum Gasteiger partial charge on any atom is -0.393 e. The van der Waals surface area contributed by atoms with Gasteiger partial charge in [-0.3, -0.25) is 0 Å². The van der Waals surface area contributed by atoms with Gasteiger partial charge in [-0.15, -0.1) is 0 Å². The van der Waals surface area contributed by atoms with Gasteiger partial charge in [0.2, 0.25) is 0 Å². The van der Waals surface area contributed by atoms with E-state index in [9.17, 15) is 14.2 Å². The van der Waals surface area contributed by atoms with E-state index in [0.29, 0.717) is 23.9 Å². The van der Waals surface area contributed by atoms with Gasteiger partial charge < -0.3 is 14.2 Å². The van der Waals surface area contributed by atoms with E-state index in [1.807, 2.05) is 60.7 Å². The third-order valence-electron chi connectivity index (χ3n) is 8.83. The number of aliphatic hydroxyl groups excluding tert-OH is 1. The fourth-order valence-electron chi connectivity index (χ4n) is 7.14. The van der Waals surface area contributed by atoms with Crippen molar-refractivity contribution in [3.63, 3.8) is 0 Å². The Hall–Kier alpha value is -1.14. The lowest BCUT2D eigenvalue weighted by Gasteiger charge is -2.35. The second-order valence-electron chi connectivity index (χ2n) is 10.7. The SMILES string of the molecule is O=P(C[C@H]1C[C@@H](P(=O)(C2CCCC2)C2CCCC2)C[C@@H]1O)(c1ccccc1)c1ccccc1. The topological polar surface area (TPSA) is 54.4 Å². The lowest BCUT2D eigenvalue weighted by Crippen LogP contribution is -2.26. The molecule has 0 aromatic heterocycles. The third kappa shape index (κ3) is 4.47. The summed E-state index contributed by atoms with van der Waals surface area (Å²) in [6, 6.07) is 19.6. The van der Waals surface area contributed by atoms with Crippen molar-refractivity contribution >= 4 is 24.9 Å². The molecule has 2 aromatic carbocycles. The van der Waals surface area contributed by atoms with Crippen LogP contribution in [0.3, 0.4) is 0 Å². The fraction of sp³-hybridized carbons (Fsp3) is 0.571. The molecule has 1 N–H and O–H groups in total. The predicted octanol–water partition coefficient (Wildman–Crippen LogP) is 6.39. The normalized spacial score (nSPS) is 27.4. The Kier molecular flexibility index (Phi) is 7.04. The smallest absolute Gasteiger partial charge is 0.143 e. The van der Waals surface area contributed by atoms with Crippen molar-refractivity contribution in [1.82, 2.24) is 0 Å². The molecule has 2 aromatic rings. The zero-order valence-corrected chi connectivity index (χ0v) is 21.4. The molecule has 5 heteroatoms. The highest BCUT2D eigenvalue weighted by molar-refractivity contribution is 7.78. The molecule has 3 aliphatic rings. The Morgan fingerprint density at radius 3 is 1.58 bits per heavy atom. The van der Waals surface area contributed by atoms with Gasteiger partial charge in [0.15, 0.2) is 0 Å². The largest absolute Gasteiger partial charge is 0.393 e. The van der Waals surface area contributed by atoms with E-state index in [4.69, 9.17) is 0 Å². The van der Waals surface area contributed by atoms with Crippen molar-refractivity contribution in [3.05, 3.63) is 60.7 Å². The summed E-state index contributed by atoms with van der Waals surface area (Å²) in [5.74, 6) is -0.0580. The first-order valence-corrected chi connectivity index (χ1v) is 16.8. The highest BCUT2D eigenvalue weighted by Gasteiger charge is 2.52. The van der Waals surface area contributed by atoms with Gasteiger partial charge in [0, 0.05) is 33.7 Å². The van der Waals surface area contributed by atoms with Gasteiger partial charge in [0.05, 0.1) is 13.2 Å². The van der Waals surface area contributed by atoms with Crippen LogP contribution >= 0.6 is 14.3 Å². The van der Waals surface area contributed by atoms with Gasteiger partial charge >= 0.3 is 0 Å². The minimum absolute atomic E-state index is 0.0580. The first-order valence-electron chi connectivity index (χ1n) is 13.0. The van der Waals surface area contributed by atoms with Gasteiger partial charge in [-0.05, 0) is 44.4 Å². The quantitative estimate of drug-likeness (QED) is 0.464. The van der Waals surface area contributed by atoms with E-state index in [2.05, 4.69) is 0 Å². The molecule has 0 bridgehead atoms. The summed E-state index contributed by atoms with van der Waals surface area (Å²) < 4.78 is 29.4. The van der Waals surface area contributed by atoms with Gasteiger partial charge in [-0.2, -0.15) is 0 Å². The van der Waals surface area contributed by atoms with Gasteiger partial charge in [0.25, 0.3) is 0 Å². The summed E-state index contributed by atoms with van der Waals surface area (Å²) in [6.07, 6.45) is 10.6. The molecule has 0 unspecified atom stereocenters. The molecular weight excluding hydrogens is 446 g/mol. The van der Waals surface area contributed by atoms with Gasteiger partial charge in [0.1, 0.15) is 7.14 Å². The second kappa shape index (κ2) is 9.85. The lowest BCUT2D eigenvalue weighted by atomic mass is 10.1. The van der Waals surface area contributed by atoms with Crippen LogP contribution in [0, 0.1) is 5.92 Å². The van der Waals surface area contributed by atoms with Crippen LogP contribution in [-0.4, -0.2) is 34.3 Å². The minimum atomic E-state index is -2.89. The Labute approximate surface area is 199 Å². The van der Waals surface area contributed by atoms with E-state index in [0.717, 1.165) is 42.7 Å². The molecule has 3 saturated carbocycles. The van der Waals surface area contributed by atoms with E-state index in [1.165, 1.54) is 25.7 Å². The molecule has 0 amide bonds. The predicted molar refractivity (Wildman–Crippen MR) is 139 cm³/mol. The van der Waals surface area contributed by atoms with Crippen LogP contribution in [-0.2, 0) is 9.13 Å². The van der Waals surface area contributed by atoms with Crippen LogP contribution in [0.2, 0.25) is 0 Å². The number of benzene rings is 2. The summed E-state index contributed by atoms with van der Waals surface area (Å²) in [4.78, 5) is 0. The summed E-state index contributed by atoms with van der Waals surface area (Å²) in [5, 5.41) is 12.9. The van der Waals surface area contributed by atoms with E-state index >= 15 is 0 Å². The fourth-order valence-corrected chi connectivity index (χ4v) is 15.5. The maximum atomic E-state index is 14.8. The molecule has 0 spiro atoms. The first-order chi connectivity index (χ1) is 16.0. The van der Waals surface area contributed by atoms with Crippen molar-refractivity contribution in [2.24, 2.45) is 5.92 Å². The Morgan fingerprint density at radius 2 is 1.12 bits per heavy atom. The Bertz CT molecular complexity index is 946. The Balaban J connectivity index is 1.44. The molecular formula is C28H38O3P2. The number of rotatable bonds is 7. The average molecular weight is 485 g/mol. The van der Waals surface area contributed by atoms with E-state index in [-0.39, 0.29) is 11.6 Å². The summed E-state index contributed by atoms with van der Waals surface area (Å²) in [7, 11) is -5.29. The highest BCUT2D eigenvalue weighted by atomic mass is 31.2. The molecule has 5 rings (SSSR count). The number of hydrogen-bond acceptors (Lipinski definition) is 3. The number of hydrogen-bond donors (Lipinski definition) is 1. The monoisotopic (exact) mass is 484 g/mol. The zero-order valence-electron chi connectivity index (χ0n) is 19.6. The standard InChI is InChI=1S/C28H38O3P2/c29-28-20-27(33(31,25-15-7-8-16-25)26-17-9-10-18-26)19-22(28)21-32(30,23-11-3-1-4-12-23)24-13-5-2-6-14-24/h1-6,11-14,22,25-29H,7-10,15-21H2/t22-,27-,28+/m1/s1. The van der Waals surface area contributed by atoms with Crippen LogP contribution in [0.4, 0.5) is 0 Å². The number of aliphatic hydroxyl groups is 1. The summed E-state index contributed by atoms with van der Waals surface area (Å²) in [6.45, 7) is 0. The highest BCUT2D eigenvalue weighted by Crippen LogP contribution is 2.70. The lowest BCUT2D eigenvalue weighted by molar-refractivity contribution is 0.142. The molecule has 0 radical (unpaired) electrons. The van der Waals surface area contributed by atoms with Crippen LogP contribution in [0.5, 0.6) is 0 Å². The Morgan fingerprint density at radius 1 is 0.667 bits per heavy atom. The molecule has 0 heterocycles. The molecule has 3 fully saturated rings. The molecule has 0 aliphatic heterocycles. The van der Waals surface area contributed by atoms with Crippen molar-refractivity contribution in [2.45, 2.75) is 87.3 Å². The van der Waals surface area contributed by atoms with Gasteiger partial charge in [-0.25, -0.2) is 0 Å². The van der Waals surface area contributed by atoms with Crippen molar-refractivity contribution in [1.29, 1.82) is 0 Å². The zero-order chi connectivity index (χ0) is 22.9. The van der Waals surface area contributed by atoms with Crippen LogP contribution in [0.15, 0.2) is 60.7 Å². The first kappa shape index (κ1) is 23.6. The van der Waals surface area contributed by atoms with Crippen molar-refractivity contribution < 1.29 is 14.2 Å². The molecule has 178 valence electrons. The van der Waals surface area contributed by atoms with Gasteiger partial charge in [-0.1, -0.05) is 86.3 Å². The second-order valence-corrected chi connectivity index (χ2v) is 17.3. The van der Waals surface area contributed by atoms with E-state index < -0.39 is 20.4 Å². The maximum absolute atomic E-state index is 14.8. The molecule has 3 nitrogen and oxygen atoms in total. The summed E-state index contributed by atoms with van der Waals surface area (Å²) >= 11 is 0. The van der Waals surface area contributed by atoms with Crippen LogP contribution < -0.4 is 10.6 Å². The molecule has 3 aliphatic carbocycles. The average Bonchev–Trinajstić information content (AvgIpc) is 3.63. The van der Waals surface area contributed by atoms with Crippen LogP contribution in [0.1, 0.15) is 64.2 Å². The molecule has 33 heavy (non-hydrogen) atoms. The van der Waals surface area contributed by atoms with E-state index in [1.54, 1.807) is 0 Å². The van der Waals surface area contributed by atoms with Crippen LogP contribution in [0.25, 0.3) is 0 Å². The summed E-state index contributed by atoms with van der Waals surface area (Å²) in [5.41, 5.74) is 0.849.